The molecule has 3 nitrogen and oxygen atoms in total. The molecule has 0 saturated carbocycles. The molecule has 0 aliphatic rings. The second-order valence-corrected chi connectivity index (χ2v) is 3.92. The number of carbonyl (C=O) groups excluding carboxylic acids is 1. The molecule has 1 aromatic carbocycles. The van der Waals surface area contributed by atoms with Crippen molar-refractivity contribution in [2.45, 2.75) is 13.5 Å². The summed E-state index contributed by atoms with van der Waals surface area (Å²) in [6.07, 6.45) is 0. The van der Waals surface area contributed by atoms with Crippen molar-refractivity contribution >= 4 is 29.9 Å². The Labute approximate surface area is 107 Å². The van der Waals surface area contributed by atoms with E-state index in [1.54, 1.807) is 13.0 Å². The largest absolute Gasteiger partial charge is 0.352 e. The van der Waals surface area contributed by atoms with Crippen LogP contribution in [0, 0.1) is 5.92 Å². The lowest BCUT2D eigenvalue weighted by Crippen LogP contribution is -2.32. The van der Waals surface area contributed by atoms with E-state index in [9.17, 15) is 4.79 Å². The van der Waals surface area contributed by atoms with E-state index in [1.807, 2.05) is 18.2 Å². The molecule has 1 rings (SSSR count). The van der Waals surface area contributed by atoms with Gasteiger partial charge in [-0.2, -0.15) is 0 Å². The van der Waals surface area contributed by atoms with Crippen LogP contribution in [-0.2, 0) is 11.3 Å². The third-order valence-electron chi connectivity index (χ3n) is 2.16. The van der Waals surface area contributed by atoms with Crippen LogP contribution in [0.5, 0.6) is 0 Å². The molecule has 0 saturated heterocycles. The lowest BCUT2D eigenvalue weighted by molar-refractivity contribution is -0.124. The maximum absolute atomic E-state index is 11.4. The van der Waals surface area contributed by atoms with Crippen molar-refractivity contribution in [2.75, 3.05) is 6.54 Å². The highest BCUT2D eigenvalue weighted by Gasteiger charge is 2.09. The molecule has 5 heteroatoms. The topological polar surface area (TPSA) is 55.1 Å². The van der Waals surface area contributed by atoms with Crippen LogP contribution in [0.3, 0.4) is 0 Å². The van der Waals surface area contributed by atoms with Crippen LogP contribution in [-0.4, -0.2) is 12.5 Å². The Hall–Kier alpha value is -0.770. The number of nitrogens with two attached hydrogens (primary N) is 1. The highest BCUT2D eigenvalue weighted by atomic mass is 35.5. The third-order valence-corrected chi connectivity index (χ3v) is 2.39. The van der Waals surface area contributed by atoms with Crippen LogP contribution in [0.4, 0.5) is 0 Å². The van der Waals surface area contributed by atoms with Gasteiger partial charge in [0.05, 0.1) is 0 Å². The van der Waals surface area contributed by atoms with Crippen molar-refractivity contribution in [3.8, 4) is 0 Å². The number of benzene rings is 1. The van der Waals surface area contributed by atoms with E-state index in [4.69, 9.17) is 17.3 Å². The van der Waals surface area contributed by atoms with E-state index < -0.39 is 0 Å². The zero-order chi connectivity index (χ0) is 11.3. The van der Waals surface area contributed by atoms with E-state index >= 15 is 0 Å². The van der Waals surface area contributed by atoms with Crippen molar-refractivity contribution < 1.29 is 4.79 Å². The standard InChI is InChI=1S/C11H15ClN2O.ClH/c1-8(6-13)11(15)14-7-9-3-2-4-10(12)5-9;/h2-5,8H,6-7,13H2,1H3,(H,14,15);1H. The van der Waals surface area contributed by atoms with Gasteiger partial charge in [-0.25, -0.2) is 0 Å². The van der Waals surface area contributed by atoms with Gasteiger partial charge in [0.2, 0.25) is 5.91 Å². The first-order chi connectivity index (χ1) is 7.13. The number of nitrogens with one attached hydrogen (secondary N) is 1. The van der Waals surface area contributed by atoms with Gasteiger partial charge >= 0.3 is 0 Å². The molecule has 1 atom stereocenters. The minimum Gasteiger partial charge on any atom is -0.352 e. The van der Waals surface area contributed by atoms with E-state index in [1.165, 1.54) is 0 Å². The van der Waals surface area contributed by atoms with Gasteiger partial charge in [-0.05, 0) is 17.7 Å². The van der Waals surface area contributed by atoms with Gasteiger partial charge in [-0.1, -0.05) is 30.7 Å². The predicted molar refractivity (Wildman–Crippen MR) is 68.8 cm³/mol. The fraction of sp³-hybridized carbons (Fsp3) is 0.364. The number of halogens is 2. The smallest absolute Gasteiger partial charge is 0.224 e. The number of hydrogen-bond donors (Lipinski definition) is 2. The van der Waals surface area contributed by atoms with Crippen molar-refractivity contribution in [3.05, 3.63) is 34.9 Å². The molecule has 0 radical (unpaired) electrons. The number of carbonyl (C=O) groups is 1. The molecule has 1 aromatic rings. The maximum atomic E-state index is 11.4. The van der Waals surface area contributed by atoms with Crippen molar-refractivity contribution in [1.29, 1.82) is 0 Å². The molecule has 90 valence electrons. The monoisotopic (exact) mass is 262 g/mol. The van der Waals surface area contributed by atoms with Crippen molar-refractivity contribution in [3.63, 3.8) is 0 Å². The molecule has 1 amide bonds. The average Bonchev–Trinajstić information content (AvgIpc) is 2.25. The van der Waals surface area contributed by atoms with Gasteiger partial charge in [-0.15, -0.1) is 12.4 Å². The van der Waals surface area contributed by atoms with E-state index in [0.717, 1.165) is 5.56 Å². The SMILES string of the molecule is CC(CN)C(=O)NCc1cccc(Cl)c1.Cl. The highest BCUT2D eigenvalue weighted by molar-refractivity contribution is 6.30. The first-order valence-corrected chi connectivity index (χ1v) is 5.23. The van der Waals surface area contributed by atoms with Crippen LogP contribution >= 0.6 is 24.0 Å². The first kappa shape index (κ1) is 15.2. The highest BCUT2D eigenvalue weighted by Crippen LogP contribution is 2.10. The minimum absolute atomic E-state index is 0. The van der Waals surface area contributed by atoms with Crippen LogP contribution in [0.15, 0.2) is 24.3 Å². The maximum Gasteiger partial charge on any atom is 0.224 e. The zero-order valence-electron chi connectivity index (χ0n) is 9.07. The summed E-state index contributed by atoms with van der Waals surface area (Å²) in [6, 6.07) is 7.40. The Morgan fingerprint density at radius 1 is 1.56 bits per heavy atom. The number of hydrogen-bond acceptors (Lipinski definition) is 2. The molecule has 1 unspecified atom stereocenters. The summed E-state index contributed by atoms with van der Waals surface area (Å²) in [6.45, 7) is 2.65. The molecule has 0 aliphatic carbocycles. The quantitative estimate of drug-likeness (QED) is 0.872. The summed E-state index contributed by atoms with van der Waals surface area (Å²) in [7, 11) is 0. The average molecular weight is 263 g/mol. The molecule has 0 bridgehead atoms. The van der Waals surface area contributed by atoms with E-state index in [-0.39, 0.29) is 24.2 Å². The summed E-state index contributed by atoms with van der Waals surface area (Å²) < 4.78 is 0. The van der Waals surface area contributed by atoms with Crippen molar-refractivity contribution in [2.24, 2.45) is 11.7 Å². The minimum atomic E-state index is -0.149. The first-order valence-electron chi connectivity index (χ1n) is 4.85. The molecule has 0 fully saturated rings. The Morgan fingerprint density at radius 2 is 2.25 bits per heavy atom. The second kappa shape index (κ2) is 7.49. The molecular weight excluding hydrogens is 247 g/mol. The molecule has 0 aliphatic heterocycles. The van der Waals surface area contributed by atoms with Crippen LogP contribution in [0.2, 0.25) is 5.02 Å². The fourth-order valence-corrected chi connectivity index (χ4v) is 1.33. The van der Waals surface area contributed by atoms with Gasteiger partial charge in [0, 0.05) is 24.0 Å². The normalized spacial score (nSPS) is 11.4. The summed E-state index contributed by atoms with van der Waals surface area (Å²) in [5.41, 5.74) is 6.37. The molecule has 0 spiro atoms. The molecule has 0 aromatic heterocycles. The van der Waals surface area contributed by atoms with Crippen LogP contribution < -0.4 is 11.1 Å². The summed E-state index contributed by atoms with van der Waals surface area (Å²) in [4.78, 5) is 11.4. The lowest BCUT2D eigenvalue weighted by atomic mass is 10.1. The Balaban J connectivity index is 0.00000225. The van der Waals surface area contributed by atoms with Gasteiger partial charge in [0.15, 0.2) is 0 Å². The van der Waals surface area contributed by atoms with Crippen molar-refractivity contribution in [1.82, 2.24) is 5.32 Å². The molecule has 0 heterocycles. The van der Waals surface area contributed by atoms with E-state index in [2.05, 4.69) is 5.32 Å². The number of rotatable bonds is 4. The Kier molecular flexibility index (Phi) is 7.13. The zero-order valence-corrected chi connectivity index (χ0v) is 10.6. The summed E-state index contributed by atoms with van der Waals surface area (Å²) in [5.74, 6) is -0.179. The van der Waals surface area contributed by atoms with Gasteiger partial charge in [0.1, 0.15) is 0 Å². The molecular formula is C11H16Cl2N2O. The van der Waals surface area contributed by atoms with Crippen LogP contribution in [0.25, 0.3) is 0 Å². The molecule has 16 heavy (non-hydrogen) atoms. The Bertz CT molecular complexity index is 345. The summed E-state index contributed by atoms with van der Waals surface area (Å²) >= 11 is 5.82. The van der Waals surface area contributed by atoms with Gasteiger partial charge in [0.25, 0.3) is 0 Å². The van der Waals surface area contributed by atoms with E-state index in [0.29, 0.717) is 18.1 Å². The fourth-order valence-electron chi connectivity index (χ4n) is 1.12. The van der Waals surface area contributed by atoms with Gasteiger partial charge < -0.3 is 11.1 Å². The predicted octanol–water partition coefficient (Wildman–Crippen LogP) is 1.97. The third kappa shape index (κ3) is 4.84. The van der Waals surface area contributed by atoms with Crippen LogP contribution in [0.1, 0.15) is 12.5 Å². The number of amides is 1. The lowest BCUT2D eigenvalue weighted by Gasteiger charge is -2.09. The van der Waals surface area contributed by atoms with Gasteiger partial charge in [-0.3, -0.25) is 4.79 Å². The molecule has 3 N–H and O–H groups in total. The Morgan fingerprint density at radius 3 is 2.81 bits per heavy atom. The summed E-state index contributed by atoms with van der Waals surface area (Å²) in [5, 5.41) is 3.47. The second-order valence-electron chi connectivity index (χ2n) is 3.48.